The van der Waals surface area contributed by atoms with Crippen LogP contribution in [0.4, 0.5) is 4.39 Å². The smallest absolute Gasteiger partial charge is 0.261 e. The monoisotopic (exact) mass is 297 g/mol. The molecule has 0 aromatic heterocycles. The fourth-order valence-corrected chi connectivity index (χ4v) is 2.00. The van der Waals surface area contributed by atoms with Crippen LogP contribution in [-0.2, 0) is 4.79 Å². The van der Waals surface area contributed by atoms with Crippen LogP contribution in [0.1, 0.15) is 33.6 Å². The Labute approximate surface area is 125 Å². The maximum atomic E-state index is 13.6. The van der Waals surface area contributed by atoms with E-state index in [0.29, 0.717) is 12.8 Å². The van der Waals surface area contributed by atoms with Crippen LogP contribution in [0.2, 0.25) is 0 Å². The van der Waals surface area contributed by atoms with Gasteiger partial charge in [-0.1, -0.05) is 32.9 Å². The Kier molecular flexibility index (Phi) is 7.15. The predicted molar refractivity (Wildman–Crippen MR) is 79.6 cm³/mol. The van der Waals surface area contributed by atoms with Crippen LogP contribution >= 0.6 is 0 Å². The second kappa shape index (κ2) is 8.62. The minimum Gasteiger partial charge on any atom is -0.478 e. The largest absolute Gasteiger partial charge is 0.478 e. The summed E-state index contributed by atoms with van der Waals surface area (Å²) in [7, 11) is 0. The number of aliphatic hydroxyl groups excluding tert-OH is 1. The van der Waals surface area contributed by atoms with Crippen molar-refractivity contribution in [3.8, 4) is 5.75 Å². The molecule has 2 atom stereocenters. The first-order chi connectivity index (χ1) is 9.99. The molecule has 0 saturated heterocycles. The van der Waals surface area contributed by atoms with Crippen LogP contribution in [-0.4, -0.2) is 29.8 Å². The molecule has 0 saturated carbocycles. The minimum absolute atomic E-state index is 0.00802. The van der Waals surface area contributed by atoms with Gasteiger partial charge in [-0.05, 0) is 30.9 Å². The van der Waals surface area contributed by atoms with Crippen molar-refractivity contribution in [3.05, 3.63) is 30.1 Å². The van der Waals surface area contributed by atoms with E-state index >= 15 is 0 Å². The van der Waals surface area contributed by atoms with Crippen molar-refractivity contribution in [3.63, 3.8) is 0 Å². The summed E-state index contributed by atoms with van der Waals surface area (Å²) in [4.78, 5) is 12.2. The highest BCUT2D eigenvalue weighted by Gasteiger charge is 2.23. The molecule has 0 spiro atoms. The molecule has 21 heavy (non-hydrogen) atoms. The lowest BCUT2D eigenvalue weighted by molar-refractivity contribution is -0.129. The molecule has 5 heteroatoms. The highest BCUT2D eigenvalue weighted by molar-refractivity contribution is 5.81. The fraction of sp³-hybridized carbons (Fsp3) is 0.562. The van der Waals surface area contributed by atoms with Gasteiger partial charge in [-0.2, -0.15) is 0 Å². The van der Waals surface area contributed by atoms with Crippen LogP contribution < -0.4 is 10.1 Å². The van der Waals surface area contributed by atoms with Crippen LogP contribution in [0, 0.1) is 11.7 Å². The summed E-state index contributed by atoms with van der Waals surface area (Å²) in [5, 5.41) is 11.9. The summed E-state index contributed by atoms with van der Waals surface area (Å²) in [5.41, 5.74) is 0. The molecule has 0 aliphatic carbocycles. The summed E-state index contributed by atoms with van der Waals surface area (Å²) in [5.74, 6) is -0.498. The van der Waals surface area contributed by atoms with Gasteiger partial charge < -0.3 is 15.2 Å². The number of hydrogen-bond acceptors (Lipinski definition) is 3. The van der Waals surface area contributed by atoms with E-state index in [1.165, 1.54) is 12.1 Å². The molecule has 0 bridgehead atoms. The molecule has 1 aromatic carbocycles. The number of carbonyl (C=O) groups is 1. The zero-order valence-corrected chi connectivity index (χ0v) is 12.8. The zero-order chi connectivity index (χ0) is 15.8. The summed E-state index contributed by atoms with van der Waals surface area (Å²) in [6.07, 6.45) is 0.172. The lowest BCUT2D eigenvalue weighted by atomic mass is 10.0. The number of para-hydroxylation sites is 1. The fourth-order valence-electron chi connectivity index (χ4n) is 2.00. The summed E-state index contributed by atoms with van der Waals surface area (Å²) < 4.78 is 19.0. The van der Waals surface area contributed by atoms with E-state index in [-0.39, 0.29) is 30.2 Å². The molecule has 0 fully saturated rings. The molecule has 2 N–H and O–H groups in total. The molecule has 4 nitrogen and oxygen atoms in total. The van der Waals surface area contributed by atoms with E-state index in [1.807, 2.05) is 20.8 Å². The molecular formula is C16H24FNO3. The molecule has 0 radical (unpaired) electrons. The summed E-state index contributed by atoms with van der Waals surface area (Å²) >= 11 is 0. The molecular weight excluding hydrogens is 273 g/mol. The number of nitrogens with one attached hydrogen (secondary N) is 1. The molecule has 1 amide bonds. The maximum Gasteiger partial charge on any atom is 0.261 e. The Morgan fingerprint density at radius 3 is 2.57 bits per heavy atom. The van der Waals surface area contributed by atoms with Gasteiger partial charge >= 0.3 is 0 Å². The average Bonchev–Trinajstić information content (AvgIpc) is 2.45. The second-order valence-corrected chi connectivity index (χ2v) is 5.32. The van der Waals surface area contributed by atoms with E-state index in [2.05, 4.69) is 5.32 Å². The Bertz CT molecular complexity index is 451. The van der Waals surface area contributed by atoms with Gasteiger partial charge in [0.25, 0.3) is 5.91 Å². The number of amides is 1. The Morgan fingerprint density at radius 2 is 2.05 bits per heavy atom. The minimum atomic E-state index is -0.748. The Balaban J connectivity index is 2.71. The van der Waals surface area contributed by atoms with Crippen molar-refractivity contribution in [1.29, 1.82) is 0 Å². The Hall–Kier alpha value is -1.62. The van der Waals surface area contributed by atoms with Crippen LogP contribution in [0.15, 0.2) is 24.3 Å². The van der Waals surface area contributed by atoms with Crippen molar-refractivity contribution in [2.24, 2.45) is 5.92 Å². The lowest BCUT2D eigenvalue weighted by Gasteiger charge is -2.25. The van der Waals surface area contributed by atoms with Gasteiger partial charge in [0.1, 0.15) is 0 Å². The topological polar surface area (TPSA) is 58.6 Å². The van der Waals surface area contributed by atoms with Gasteiger partial charge in [0, 0.05) is 12.6 Å². The van der Waals surface area contributed by atoms with Gasteiger partial charge in [-0.25, -0.2) is 4.39 Å². The number of carbonyl (C=O) groups excluding carboxylic acids is 1. The highest BCUT2D eigenvalue weighted by Crippen LogP contribution is 2.18. The first-order valence-corrected chi connectivity index (χ1v) is 7.32. The molecule has 1 aromatic rings. The van der Waals surface area contributed by atoms with Crippen molar-refractivity contribution < 1.29 is 19.0 Å². The normalized spacial score (nSPS) is 13.8. The first-order valence-electron chi connectivity index (χ1n) is 7.32. The van der Waals surface area contributed by atoms with Gasteiger partial charge in [-0.3, -0.25) is 4.79 Å². The molecule has 0 heterocycles. The molecule has 2 unspecified atom stereocenters. The van der Waals surface area contributed by atoms with Crippen molar-refractivity contribution in [1.82, 2.24) is 5.32 Å². The number of hydrogen-bond donors (Lipinski definition) is 2. The highest BCUT2D eigenvalue weighted by atomic mass is 19.1. The van der Waals surface area contributed by atoms with Crippen molar-refractivity contribution in [2.75, 3.05) is 6.61 Å². The van der Waals surface area contributed by atoms with Gasteiger partial charge in [0.2, 0.25) is 0 Å². The molecule has 0 aliphatic heterocycles. The standard InChI is InChI=1S/C16H24FNO3/c1-4-14(21-15-8-6-5-7-12(15)17)16(20)18-13(9-10-19)11(2)3/h5-8,11,13-14,19H,4,9-10H2,1-3H3,(H,18,20). The number of halogens is 1. The third-order valence-corrected chi connectivity index (χ3v) is 3.34. The van der Waals surface area contributed by atoms with E-state index in [9.17, 15) is 9.18 Å². The number of aliphatic hydroxyl groups is 1. The first kappa shape index (κ1) is 17.4. The van der Waals surface area contributed by atoms with E-state index in [0.717, 1.165) is 0 Å². The van der Waals surface area contributed by atoms with Crippen LogP contribution in [0.3, 0.4) is 0 Å². The second-order valence-electron chi connectivity index (χ2n) is 5.32. The summed E-state index contributed by atoms with van der Waals surface area (Å²) in [6.45, 7) is 5.76. The molecule has 118 valence electrons. The predicted octanol–water partition coefficient (Wildman–Crippen LogP) is 2.51. The van der Waals surface area contributed by atoms with E-state index in [4.69, 9.17) is 9.84 Å². The lowest BCUT2D eigenvalue weighted by Crippen LogP contribution is -2.46. The number of ether oxygens (including phenoxy) is 1. The van der Waals surface area contributed by atoms with Crippen LogP contribution in [0.25, 0.3) is 0 Å². The number of rotatable bonds is 8. The average molecular weight is 297 g/mol. The van der Waals surface area contributed by atoms with Gasteiger partial charge in [0.05, 0.1) is 0 Å². The van der Waals surface area contributed by atoms with E-state index in [1.54, 1.807) is 12.1 Å². The van der Waals surface area contributed by atoms with Crippen molar-refractivity contribution in [2.45, 2.75) is 45.8 Å². The van der Waals surface area contributed by atoms with Crippen molar-refractivity contribution >= 4 is 5.91 Å². The SMILES string of the molecule is CCC(Oc1ccccc1F)C(=O)NC(CCO)C(C)C. The van der Waals surface area contributed by atoms with E-state index < -0.39 is 11.9 Å². The third kappa shape index (κ3) is 5.34. The summed E-state index contributed by atoms with van der Waals surface area (Å²) in [6, 6.07) is 5.90. The van der Waals surface area contributed by atoms with Gasteiger partial charge in [-0.15, -0.1) is 0 Å². The third-order valence-electron chi connectivity index (χ3n) is 3.34. The maximum absolute atomic E-state index is 13.6. The number of benzene rings is 1. The van der Waals surface area contributed by atoms with Crippen LogP contribution in [0.5, 0.6) is 5.75 Å². The zero-order valence-electron chi connectivity index (χ0n) is 12.8. The Morgan fingerprint density at radius 1 is 1.38 bits per heavy atom. The molecule has 0 aliphatic rings. The van der Waals surface area contributed by atoms with Gasteiger partial charge in [0.15, 0.2) is 17.7 Å². The quantitative estimate of drug-likeness (QED) is 0.775. The molecule has 1 rings (SSSR count).